The first-order valence-corrected chi connectivity index (χ1v) is 5.14. The SMILES string of the molecule is Cc1cnn(-c2ccc(C(C)N)cc2F)c1.Cl. The molecule has 1 aromatic heterocycles. The van der Waals surface area contributed by atoms with Gasteiger partial charge in [0.05, 0.1) is 6.20 Å². The van der Waals surface area contributed by atoms with Crippen molar-refractivity contribution in [2.45, 2.75) is 19.9 Å². The molecule has 2 N–H and O–H groups in total. The Balaban J connectivity index is 0.00000144. The average Bonchev–Trinajstić information content (AvgIpc) is 2.64. The largest absolute Gasteiger partial charge is 0.324 e. The van der Waals surface area contributed by atoms with Gasteiger partial charge in [0, 0.05) is 12.2 Å². The van der Waals surface area contributed by atoms with Crippen molar-refractivity contribution < 1.29 is 4.39 Å². The maximum absolute atomic E-state index is 13.8. The molecule has 0 saturated carbocycles. The van der Waals surface area contributed by atoms with Crippen LogP contribution in [0.15, 0.2) is 30.6 Å². The van der Waals surface area contributed by atoms with Gasteiger partial charge in [-0.1, -0.05) is 6.07 Å². The molecule has 0 aliphatic heterocycles. The lowest BCUT2D eigenvalue weighted by Crippen LogP contribution is -2.06. The first kappa shape index (κ1) is 13.7. The van der Waals surface area contributed by atoms with Crippen molar-refractivity contribution in [3.05, 3.63) is 47.5 Å². The zero-order chi connectivity index (χ0) is 11.7. The van der Waals surface area contributed by atoms with Gasteiger partial charge < -0.3 is 5.73 Å². The van der Waals surface area contributed by atoms with E-state index in [1.807, 2.05) is 19.9 Å². The van der Waals surface area contributed by atoms with Crippen molar-refractivity contribution in [2.24, 2.45) is 5.73 Å². The van der Waals surface area contributed by atoms with E-state index in [2.05, 4.69) is 5.10 Å². The monoisotopic (exact) mass is 255 g/mol. The van der Waals surface area contributed by atoms with Crippen LogP contribution in [0.25, 0.3) is 5.69 Å². The second kappa shape index (κ2) is 5.29. The van der Waals surface area contributed by atoms with Gasteiger partial charge in [0.1, 0.15) is 11.5 Å². The summed E-state index contributed by atoms with van der Waals surface area (Å²) in [4.78, 5) is 0. The molecule has 1 heterocycles. The van der Waals surface area contributed by atoms with E-state index in [9.17, 15) is 4.39 Å². The fourth-order valence-corrected chi connectivity index (χ4v) is 1.54. The highest BCUT2D eigenvalue weighted by molar-refractivity contribution is 5.85. The minimum atomic E-state index is -0.307. The number of nitrogens with zero attached hydrogens (tertiary/aromatic N) is 2. The molecule has 2 rings (SSSR count). The Morgan fingerprint density at radius 2 is 2.12 bits per heavy atom. The Bertz CT molecular complexity index is 508. The van der Waals surface area contributed by atoms with Crippen LogP contribution in [0.2, 0.25) is 0 Å². The van der Waals surface area contributed by atoms with Crippen molar-refractivity contribution in [1.29, 1.82) is 0 Å². The lowest BCUT2D eigenvalue weighted by atomic mass is 10.1. The van der Waals surface area contributed by atoms with Gasteiger partial charge in [-0.05, 0) is 37.1 Å². The van der Waals surface area contributed by atoms with E-state index in [0.717, 1.165) is 11.1 Å². The second-order valence-corrected chi connectivity index (χ2v) is 3.96. The molecule has 0 fully saturated rings. The van der Waals surface area contributed by atoms with Crippen LogP contribution < -0.4 is 5.73 Å². The molecule has 0 radical (unpaired) electrons. The molecule has 92 valence electrons. The molecule has 3 nitrogen and oxygen atoms in total. The summed E-state index contributed by atoms with van der Waals surface area (Å²) < 4.78 is 15.3. The Morgan fingerprint density at radius 1 is 1.41 bits per heavy atom. The highest BCUT2D eigenvalue weighted by atomic mass is 35.5. The van der Waals surface area contributed by atoms with Gasteiger partial charge in [-0.25, -0.2) is 9.07 Å². The van der Waals surface area contributed by atoms with E-state index >= 15 is 0 Å². The molecule has 1 aromatic carbocycles. The van der Waals surface area contributed by atoms with Crippen LogP contribution in [0.1, 0.15) is 24.1 Å². The zero-order valence-corrected chi connectivity index (χ0v) is 10.5. The molecular formula is C12H15ClFN3. The van der Waals surface area contributed by atoms with Crippen LogP contribution in [-0.2, 0) is 0 Å². The van der Waals surface area contributed by atoms with E-state index in [4.69, 9.17) is 5.73 Å². The fraction of sp³-hybridized carbons (Fsp3) is 0.250. The third-order valence-corrected chi connectivity index (χ3v) is 2.46. The predicted octanol–water partition coefficient (Wildman–Crippen LogP) is 2.76. The molecule has 0 aliphatic carbocycles. The number of aromatic nitrogens is 2. The first-order chi connectivity index (χ1) is 7.58. The molecule has 0 saturated heterocycles. The van der Waals surface area contributed by atoms with Crippen LogP contribution in [-0.4, -0.2) is 9.78 Å². The Morgan fingerprint density at radius 3 is 2.59 bits per heavy atom. The predicted molar refractivity (Wildman–Crippen MR) is 68.1 cm³/mol. The fourth-order valence-electron chi connectivity index (χ4n) is 1.54. The molecule has 0 amide bonds. The van der Waals surface area contributed by atoms with Gasteiger partial charge in [-0.3, -0.25) is 0 Å². The van der Waals surface area contributed by atoms with Crippen LogP contribution in [0.5, 0.6) is 0 Å². The molecule has 0 spiro atoms. The second-order valence-electron chi connectivity index (χ2n) is 3.96. The molecule has 0 bridgehead atoms. The van der Waals surface area contributed by atoms with Crippen molar-refractivity contribution in [1.82, 2.24) is 9.78 Å². The zero-order valence-electron chi connectivity index (χ0n) is 9.72. The molecule has 2 aromatic rings. The molecule has 1 unspecified atom stereocenters. The Kier molecular flexibility index (Phi) is 4.26. The van der Waals surface area contributed by atoms with E-state index in [1.165, 1.54) is 10.7 Å². The summed E-state index contributed by atoms with van der Waals surface area (Å²) in [5, 5.41) is 4.07. The van der Waals surface area contributed by atoms with Crippen molar-refractivity contribution >= 4 is 12.4 Å². The number of rotatable bonds is 2. The summed E-state index contributed by atoms with van der Waals surface area (Å²) >= 11 is 0. The van der Waals surface area contributed by atoms with Crippen LogP contribution >= 0.6 is 12.4 Å². The van der Waals surface area contributed by atoms with E-state index < -0.39 is 0 Å². The Labute approximate surface area is 106 Å². The number of aryl methyl sites for hydroxylation is 1. The van der Waals surface area contributed by atoms with Crippen molar-refractivity contribution in [3.63, 3.8) is 0 Å². The molecule has 17 heavy (non-hydrogen) atoms. The van der Waals surface area contributed by atoms with Gasteiger partial charge in [0.15, 0.2) is 0 Å². The highest BCUT2D eigenvalue weighted by Gasteiger charge is 2.08. The van der Waals surface area contributed by atoms with Gasteiger partial charge in [-0.15, -0.1) is 12.4 Å². The number of halogens is 2. The summed E-state index contributed by atoms with van der Waals surface area (Å²) in [7, 11) is 0. The lowest BCUT2D eigenvalue weighted by molar-refractivity contribution is 0.606. The highest BCUT2D eigenvalue weighted by Crippen LogP contribution is 2.18. The van der Waals surface area contributed by atoms with Crippen molar-refractivity contribution in [3.8, 4) is 5.69 Å². The smallest absolute Gasteiger partial charge is 0.149 e. The minimum absolute atomic E-state index is 0. The maximum Gasteiger partial charge on any atom is 0.149 e. The summed E-state index contributed by atoms with van der Waals surface area (Å²) in [6.07, 6.45) is 3.48. The summed E-state index contributed by atoms with van der Waals surface area (Å²) in [6.45, 7) is 3.74. The molecular weight excluding hydrogens is 241 g/mol. The van der Waals surface area contributed by atoms with Crippen LogP contribution in [0.4, 0.5) is 4.39 Å². The third-order valence-electron chi connectivity index (χ3n) is 2.46. The maximum atomic E-state index is 13.8. The van der Waals surface area contributed by atoms with E-state index in [0.29, 0.717) is 5.69 Å². The number of hydrogen-bond donors (Lipinski definition) is 1. The summed E-state index contributed by atoms with van der Waals surface area (Å²) in [6, 6.07) is 4.81. The number of benzene rings is 1. The summed E-state index contributed by atoms with van der Waals surface area (Å²) in [5.74, 6) is -0.307. The standard InChI is InChI=1S/C12H14FN3.ClH/c1-8-6-15-16(7-8)12-4-3-10(9(2)14)5-11(12)13;/h3-7,9H,14H2,1-2H3;1H. The normalized spacial score (nSPS) is 12.0. The van der Waals surface area contributed by atoms with Crippen LogP contribution in [0.3, 0.4) is 0 Å². The third kappa shape index (κ3) is 2.84. The van der Waals surface area contributed by atoms with Crippen molar-refractivity contribution in [2.75, 3.05) is 0 Å². The van der Waals surface area contributed by atoms with Crippen LogP contribution in [0, 0.1) is 12.7 Å². The summed E-state index contributed by atoms with van der Waals surface area (Å²) in [5.41, 5.74) is 7.91. The van der Waals surface area contributed by atoms with E-state index in [-0.39, 0.29) is 24.3 Å². The van der Waals surface area contributed by atoms with Gasteiger partial charge >= 0.3 is 0 Å². The topological polar surface area (TPSA) is 43.8 Å². The Hall–Kier alpha value is -1.39. The van der Waals surface area contributed by atoms with Gasteiger partial charge in [0.2, 0.25) is 0 Å². The minimum Gasteiger partial charge on any atom is -0.324 e. The molecule has 1 atom stereocenters. The van der Waals surface area contributed by atoms with Gasteiger partial charge in [0.25, 0.3) is 0 Å². The van der Waals surface area contributed by atoms with Gasteiger partial charge in [-0.2, -0.15) is 5.10 Å². The molecule has 5 heteroatoms. The average molecular weight is 256 g/mol. The number of nitrogens with two attached hydrogens (primary N) is 1. The quantitative estimate of drug-likeness (QED) is 0.897. The first-order valence-electron chi connectivity index (χ1n) is 5.14. The molecule has 0 aliphatic rings. The lowest BCUT2D eigenvalue weighted by Gasteiger charge is -2.08. The number of hydrogen-bond acceptors (Lipinski definition) is 2. The van der Waals surface area contributed by atoms with E-state index in [1.54, 1.807) is 18.5 Å².